The van der Waals surface area contributed by atoms with Crippen molar-refractivity contribution in [1.29, 1.82) is 0 Å². The smallest absolute Gasteiger partial charge is 0.0686 e. The third kappa shape index (κ3) is 2.88. The molecule has 1 aromatic carbocycles. The SMILES string of the molecule is CCNC(c1cccc(Cl)c1)C1CCOC2(CCC2)C1. The molecule has 2 fully saturated rings. The third-order valence-electron chi connectivity index (χ3n) is 4.90. The van der Waals surface area contributed by atoms with Gasteiger partial charge in [-0.3, -0.25) is 0 Å². The highest BCUT2D eigenvalue weighted by molar-refractivity contribution is 6.30. The fraction of sp³-hybridized carbons (Fsp3) is 0.647. The molecule has 2 aliphatic rings. The standard InChI is InChI=1S/C17H24ClNO/c1-2-19-16(13-5-3-6-15(18)11-13)14-7-10-20-17(12-14)8-4-9-17/h3,5-6,11,14,16,19H,2,4,7-10,12H2,1H3. The molecule has 3 heteroatoms. The van der Waals surface area contributed by atoms with E-state index in [1.54, 1.807) is 0 Å². The number of benzene rings is 1. The molecule has 3 rings (SSSR count). The van der Waals surface area contributed by atoms with E-state index in [-0.39, 0.29) is 5.60 Å². The highest BCUT2D eigenvalue weighted by Crippen LogP contribution is 2.47. The van der Waals surface area contributed by atoms with E-state index < -0.39 is 0 Å². The Kier molecular flexibility index (Phi) is 4.34. The van der Waals surface area contributed by atoms with E-state index in [0.29, 0.717) is 12.0 Å². The second-order valence-corrected chi connectivity index (χ2v) is 6.66. The van der Waals surface area contributed by atoms with Crippen LogP contribution in [0.15, 0.2) is 24.3 Å². The van der Waals surface area contributed by atoms with Crippen molar-refractivity contribution in [2.24, 2.45) is 5.92 Å². The number of rotatable bonds is 4. The minimum absolute atomic E-state index is 0.204. The van der Waals surface area contributed by atoms with Gasteiger partial charge in [-0.1, -0.05) is 30.7 Å². The maximum atomic E-state index is 6.17. The predicted molar refractivity (Wildman–Crippen MR) is 83.1 cm³/mol. The summed E-state index contributed by atoms with van der Waals surface area (Å²) in [6, 6.07) is 8.71. The molecule has 2 atom stereocenters. The van der Waals surface area contributed by atoms with E-state index in [1.807, 2.05) is 6.07 Å². The van der Waals surface area contributed by atoms with Gasteiger partial charge in [-0.2, -0.15) is 0 Å². The lowest BCUT2D eigenvalue weighted by Crippen LogP contribution is -2.48. The molecular weight excluding hydrogens is 270 g/mol. The van der Waals surface area contributed by atoms with Gasteiger partial charge in [-0.05, 0) is 62.3 Å². The molecule has 1 aliphatic heterocycles. The Labute approximate surface area is 126 Å². The molecule has 1 aliphatic carbocycles. The Balaban J connectivity index is 1.79. The number of ether oxygens (including phenoxy) is 1. The van der Waals surface area contributed by atoms with Crippen molar-refractivity contribution in [2.45, 2.75) is 50.7 Å². The molecule has 1 saturated carbocycles. The van der Waals surface area contributed by atoms with Crippen LogP contribution in [0.4, 0.5) is 0 Å². The second-order valence-electron chi connectivity index (χ2n) is 6.23. The first-order chi connectivity index (χ1) is 9.72. The van der Waals surface area contributed by atoms with Gasteiger partial charge in [0, 0.05) is 17.7 Å². The van der Waals surface area contributed by atoms with Crippen molar-refractivity contribution in [3.8, 4) is 0 Å². The Morgan fingerprint density at radius 3 is 2.95 bits per heavy atom. The van der Waals surface area contributed by atoms with E-state index in [0.717, 1.165) is 24.6 Å². The highest BCUT2D eigenvalue weighted by atomic mass is 35.5. The maximum absolute atomic E-state index is 6.17. The predicted octanol–water partition coefficient (Wildman–Crippen LogP) is 4.34. The lowest BCUT2D eigenvalue weighted by molar-refractivity contribution is -0.147. The van der Waals surface area contributed by atoms with E-state index in [2.05, 4.69) is 30.4 Å². The normalized spacial score (nSPS) is 26.2. The van der Waals surface area contributed by atoms with E-state index in [4.69, 9.17) is 16.3 Å². The number of nitrogens with one attached hydrogen (secondary N) is 1. The van der Waals surface area contributed by atoms with Crippen LogP contribution in [0.1, 0.15) is 50.6 Å². The summed E-state index contributed by atoms with van der Waals surface area (Å²) in [4.78, 5) is 0. The largest absolute Gasteiger partial charge is 0.375 e. The molecule has 1 spiro atoms. The van der Waals surface area contributed by atoms with Gasteiger partial charge < -0.3 is 10.1 Å². The zero-order valence-corrected chi connectivity index (χ0v) is 13.0. The van der Waals surface area contributed by atoms with Crippen LogP contribution in [0.5, 0.6) is 0 Å². The van der Waals surface area contributed by atoms with Gasteiger partial charge in [-0.25, -0.2) is 0 Å². The molecule has 1 aromatic rings. The summed E-state index contributed by atoms with van der Waals surface area (Å²) < 4.78 is 6.07. The Hall–Kier alpha value is -0.570. The van der Waals surface area contributed by atoms with Crippen molar-refractivity contribution >= 4 is 11.6 Å². The van der Waals surface area contributed by atoms with Crippen molar-refractivity contribution in [3.05, 3.63) is 34.9 Å². The lowest BCUT2D eigenvalue weighted by atomic mass is 9.69. The fourth-order valence-corrected chi connectivity index (χ4v) is 3.95. The quantitative estimate of drug-likeness (QED) is 0.891. The zero-order valence-electron chi connectivity index (χ0n) is 12.2. The van der Waals surface area contributed by atoms with Crippen molar-refractivity contribution in [3.63, 3.8) is 0 Å². The van der Waals surface area contributed by atoms with Crippen LogP contribution in [-0.2, 0) is 4.74 Å². The topological polar surface area (TPSA) is 21.3 Å². The van der Waals surface area contributed by atoms with Gasteiger partial charge in [0.1, 0.15) is 0 Å². The van der Waals surface area contributed by atoms with Gasteiger partial charge in [0.2, 0.25) is 0 Å². The summed E-state index contributed by atoms with van der Waals surface area (Å²) in [7, 11) is 0. The van der Waals surface area contributed by atoms with Gasteiger partial charge in [-0.15, -0.1) is 0 Å². The van der Waals surface area contributed by atoms with Gasteiger partial charge in [0.05, 0.1) is 5.60 Å². The average Bonchev–Trinajstić information content (AvgIpc) is 2.43. The molecule has 0 bridgehead atoms. The molecule has 2 nitrogen and oxygen atoms in total. The Morgan fingerprint density at radius 2 is 2.30 bits per heavy atom. The van der Waals surface area contributed by atoms with Gasteiger partial charge in [0.25, 0.3) is 0 Å². The fourth-order valence-electron chi connectivity index (χ4n) is 3.75. The molecule has 1 saturated heterocycles. The number of hydrogen-bond acceptors (Lipinski definition) is 2. The Bertz CT molecular complexity index is 458. The van der Waals surface area contributed by atoms with Crippen LogP contribution in [0.2, 0.25) is 5.02 Å². The molecule has 1 heterocycles. The van der Waals surface area contributed by atoms with Crippen LogP contribution in [-0.4, -0.2) is 18.8 Å². The Morgan fingerprint density at radius 1 is 1.45 bits per heavy atom. The summed E-state index contributed by atoms with van der Waals surface area (Å²) in [5.74, 6) is 0.655. The summed E-state index contributed by atoms with van der Waals surface area (Å²) in [6.45, 7) is 4.07. The average molecular weight is 294 g/mol. The van der Waals surface area contributed by atoms with Crippen molar-refractivity contribution < 1.29 is 4.74 Å². The minimum atomic E-state index is 0.204. The molecule has 0 aromatic heterocycles. The molecule has 0 amide bonds. The highest BCUT2D eigenvalue weighted by Gasteiger charge is 2.44. The monoisotopic (exact) mass is 293 g/mol. The molecule has 2 unspecified atom stereocenters. The summed E-state index contributed by atoms with van der Waals surface area (Å²) >= 11 is 6.17. The molecule has 110 valence electrons. The number of hydrogen-bond donors (Lipinski definition) is 1. The van der Waals surface area contributed by atoms with Crippen LogP contribution >= 0.6 is 11.6 Å². The van der Waals surface area contributed by atoms with Crippen LogP contribution < -0.4 is 5.32 Å². The zero-order chi connectivity index (χ0) is 14.0. The van der Waals surface area contributed by atoms with Crippen molar-refractivity contribution in [1.82, 2.24) is 5.32 Å². The maximum Gasteiger partial charge on any atom is 0.0686 e. The van der Waals surface area contributed by atoms with Crippen molar-refractivity contribution in [2.75, 3.05) is 13.2 Å². The van der Waals surface area contributed by atoms with Gasteiger partial charge in [0.15, 0.2) is 0 Å². The number of halogens is 1. The third-order valence-corrected chi connectivity index (χ3v) is 5.13. The summed E-state index contributed by atoms with van der Waals surface area (Å²) in [5.41, 5.74) is 1.52. The molecule has 0 radical (unpaired) electrons. The summed E-state index contributed by atoms with van der Waals surface area (Å²) in [6.07, 6.45) is 6.16. The van der Waals surface area contributed by atoms with E-state index >= 15 is 0 Å². The van der Waals surface area contributed by atoms with Gasteiger partial charge >= 0.3 is 0 Å². The molecule has 20 heavy (non-hydrogen) atoms. The van der Waals surface area contributed by atoms with Crippen LogP contribution in [0.3, 0.4) is 0 Å². The summed E-state index contributed by atoms with van der Waals surface area (Å²) in [5, 5.41) is 4.50. The van der Waals surface area contributed by atoms with Crippen LogP contribution in [0.25, 0.3) is 0 Å². The minimum Gasteiger partial charge on any atom is -0.375 e. The first kappa shape index (κ1) is 14.4. The van der Waals surface area contributed by atoms with E-state index in [9.17, 15) is 0 Å². The first-order valence-electron chi connectivity index (χ1n) is 7.85. The lowest BCUT2D eigenvalue weighted by Gasteiger charge is -2.49. The first-order valence-corrected chi connectivity index (χ1v) is 8.23. The van der Waals surface area contributed by atoms with Crippen LogP contribution in [0, 0.1) is 5.92 Å². The second kappa shape index (κ2) is 6.05. The molecular formula is C17H24ClNO. The van der Waals surface area contributed by atoms with E-state index in [1.165, 1.54) is 31.2 Å². The molecule has 1 N–H and O–H groups in total.